The summed E-state index contributed by atoms with van der Waals surface area (Å²) in [4.78, 5) is 48.2. The Morgan fingerprint density at radius 3 is 2.33 bits per heavy atom. The first kappa shape index (κ1) is 26.6. The van der Waals surface area contributed by atoms with Crippen molar-refractivity contribution in [1.82, 2.24) is 4.57 Å². The van der Waals surface area contributed by atoms with E-state index in [9.17, 15) is 28.9 Å². The van der Waals surface area contributed by atoms with Gasteiger partial charge in [-0.2, -0.15) is 0 Å². The quantitative estimate of drug-likeness (QED) is 0.267. The molecule has 1 unspecified atom stereocenters. The minimum Gasteiger partial charge on any atom is -0.456 e. The number of amides is 1. The van der Waals surface area contributed by atoms with Crippen molar-refractivity contribution in [2.24, 2.45) is 0 Å². The highest BCUT2D eigenvalue weighted by molar-refractivity contribution is 6.31. The molecular formula is C25H23ClFN3O6. The SMILES string of the molecule is CC(C(=O)Nc1ccc(C(=O)OC(C)(C)C)cc1)n1cc(F)c(-c2cc(Cl)ccc2[N+](=O)[O-])cc1=O. The summed E-state index contributed by atoms with van der Waals surface area (Å²) in [6, 6.07) is 9.30. The third-order valence-corrected chi connectivity index (χ3v) is 5.30. The third-order valence-electron chi connectivity index (χ3n) is 5.06. The molecule has 1 aromatic heterocycles. The maximum Gasteiger partial charge on any atom is 0.338 e. The second-order valence-corrected chi connectivity index (χ2v) is 9.38. The van der Waals surface area contributed by atoms with Gasteiger partial charge in [0.1, 0.15) is 17.5 Å². The topological polar surface area (TPSA) is 121 Å². The number of halogens is 2. The standard InChI is InChI=1S/C25H23ClFN3O6/c1-14(23(32)28-17-8-5-15(6-9-17)24(33)36-25(2,3)4)29-13-20(27)18(12-22(29)31)19-11-16(26)7-10-21(19)30(34)35/h5-14H,1-4H3,(H,28,32). The molecule has 3 rings (SSSR count). The maximum atomic E-state index is 15.0. The number of aromatic nitrogens is 1. The van der Waals surface area contributed by atoms with Crippen LogP contribution in [0.5, 0.6) is 0 Å². The number of carbonyl (C=O) groups is 2. The number of hydrogen-bond acceptors (Lipinski definition) is 6. The fraction of sp³-hybridized carbons (Fsp3) is 0.240. The minimum atomic E-state index is -1.12. The lowest BCUT2D eigenvalue weighted by Crippen LogP contribution is -2.31. The lowest BCUT2D eigenvalue weighted by Gasteiger charge is -2.19. The normalized spacial score (nSPS) is 12.1. The van der Waals surface area contributed by atoms with Gasteiger partial charge in [-0.1, -0.05) is 11.6 Å². The van der Waals surface area contributed by atoms with Crippen molar-refractivity contribution in [1.29, 1.82) is 0 Å². The number of benzene rings is 2. The molecule has 0 aliphatic rings. The highest BCUT2D eigenvalue weighted by atomic mass is 35.5. The molecule has 0 aliphatic carbocycles. The first-order chi connectivity index (χ1) is 16.8. The molecule has 9 nitrogen and oxygen atoms in total. The van der Waals surface area contributed by atoms with E-state index < -0.39 is 45.5 Å². The van der Waals surface area contributed by atoms with Crippen LogP contribution in [-0.4, -0.2) is 27.0 Å². The predicted octanol–water partition coefficient (Wildman–Crippen LogP) is 5.37. The van der Waals surface area contributed by atoms with Crippen molar-refractivity contribution in [3.63, 3.8) is 0 Å². The van der Waals surface area contributed by atoms with E-state index >= 15 is 0 Å². The number of hydrogen-bond donors (Lipinski definition) is 1. The molecular weight excluding hydrogens is 493 g/mol. The first-order valence-electron chi connectivity index (χ1n) is 10.8. The Morgan fingerprint density at radius 2 is 1.75 bits per heavy atom. The molecule has 0 bridgehead atoms. The zero-order valence-electron chi connectivity index (χ0n) is 19.9. The number of ether oxygens (including phenoxy) is 1. The summed E-state index contributed by atoms with van der Waals surface area (Å²) in [6.45, 7) is 6.63. The van der Waals surface area contributed by atoms with Crippen LogP contribution in [-0.2, 0) is 9.53 Å². The summed E-state index contributed by atoms with van der Waals surface area (Å²) in [5, 5.41) is 14.1. The molecule has 3 aromatic rings. The Kier molecular flexibility index (Phi) is 7.59. The molecule has 36 heavy (non-hydrogen) atoms. The van der Waals surface area contributed by atoms with Crippen LogP contribution < -0.4 is 10.9 Å². The average molecular weight is 516 g/mol. The number of carbonyl (C=O) groups excluding carboxylic acids is 2. The van der Waals surface area contributed by atoms with Crippen LogP contribution in [0.2, 0.25) is 5.02 Å². The Labute approximate surface area is 210 Å². The molecule has 0 saturated heterocycles. The number of rotatable bonds is 6. The lowest BCUT2D eigenvalue weighted by molar-refractivity contribution is -0.384. The minimum absolute atomic E-state index is 0.129. The molecule has 1 N–H and O–H groups in total. The summed E-state index contributed by atoms with van der Waals surface area (Å²) >= 11 is 5.91. The zero-order valence-corrected chi connectivity index (χ0v) is 20.6. The largest absolute Gasteiger partial charge is 0.456 e. The van der Waals surface area contributed by atoms with Crippen molar-refractivity contribution < 1.29 is 23.6 Å². The van der Waals surface area contributed by atoms with E-state index in [0.717, 1.165) is 22.9 Å². The van der Waals surface area contributed by atoms with E-state index in [4.69, 9.17) is 16.3 Å². The Morgan fingerprint density at radius 1 is 1.11 bits per heavy atom. The number of pyridine rings is 1. The van der Waals surface area contributed by atoms with Crippen LogP contribution in [0, 0.1) is 15.9 Å². The molecule has 0 fully saturated rings. The molecule has 11 heteroatoms. The second-order valence-electron chi connectivity index (χ2n) is 8.94. The van der Waals surface area contributed by atoms with E-state index in [1.165, 1.54) is 43.3 Å². The fourth-order valence-corrected chi connectivity index (χ4v) is 3.49. The number of nitrogens with zero attached hydrogens (tertiary/aromatic N) is 2. The van der Waals surface area contributed by atoms with Crippen molar-refractivity contribution in [2.75, 3.05) is 5.32 Å². The van der Waals surface area contributed by atoms with Crippen LogP contribution in [0.25, 0.3) is 11.1 Å². The first-order valence-corrected chi connectivity index (χ1v) is 11.1. The Bertz CT molecular complexity index is 1400. The van der Waals surface area contributed by atoms with Gasteiger partial charge in [-0.15, -0.1) is 0 Å². The predicted molar refractivity (Wildman–Crippen MR) is 133 cm³/mol. The summed E-state index contributed by atoms with van der Waals surface area (Å²) in [7, 11) is 0. The highest BCUT2D eigenvalue weighted by Gasteiger charge is 2.23. The van der Waals surface area contributed by atoms with Crippen molar-refractivity contribution in [3.05, 3.63) is 91.6 Å². The monoisotopic (exact) mass is 515 g/mol. The van der Waals surface area contributed by atoms with Crippen LogP contribution in [0.3, 0.4) is 0 Å². The van der Waals surface area contributed by atoms with Crippen molar-refractivity contribution in [3.8, 4) is 11.1 Å². The van der Waals surface area contributed by atoms with E-state index in [2.05, 4.69) is 5.32 Å². The lowest BCUT2D eigenvalue weighted by atomic mass is 10.0. The van der Waals surface area contributed by atoms with Gasteiger partial charge in [0.15, 0.2) is 0 Å². The molecule has 1 heterocycles. The fourth-order valence-electron chi connectivity index (χ4n) is 3.31. The summed E-state index contributed by atoms with van der Waals surface area (Å²) in [5.41, 5.74) is -1.65. The molecule has 0 radical (unpaired) electrons. The Hall–Kier alpha value is -4.05. The zero-order chi connectivity index (χ0) is 26.8. The van der Waals surface area contributed by atoms with Crippen LogP contribution >= 0.6 is 11.6 Å². The van der Waals surface area contributed by atoms with E-state index in [1.807, 2.05) is 0 Å². The van der Waals surface area contributed by atoms with Crippen molar-refractivity contribution >= 4 is 34.9 Å². The molecule has 0 saturated carbocycles. The molecule has 188 valence electrons. The van der Waals surface area contributed by atoms with E-state index in [-0.39, 0.29) is 16.1 Å². The molecule has 1 atom stereocenters. The van der Waals surface area contributed by atoms with Gasteiger partial charge >= 0.3 is 5.97 Å². The Balaban J connectivity index is 1.82. The van der Waals surface area contributed by atoms with Crippen LogP contribution in [0.1, 0.15) is 44.1 Å². The van der Waals surface area contributed by atoms with Gasteiger partial charge in [0, 0.05) is 34.6 Å². The van der Waals surface area contributed by atoms with Gasteiger partial charge in [0.05, 0.1) is 16.1 Å². The van der Waals surface area contributed by atoms with Gasteiger partial charge in [0.2, 0.25) is 5.91 Å². The maximum absolute atomic E-state index is 15.0. The summed E-state index contributed by atoms with van der Waals surface area (Å²) in [6.07, 6.45) is 0.818. The highest BCUT2D eigenvalue weighted by Crippen LogP contribution is 2.33. The average Bonchev–Trinajstić information content (AvgIpc) is 2.78. The van der Waals surface area contributed by atoms with Gasteiger partial charge in [0.25, 0.3) is 11.2 Å². The molecule has 0 aliphatic heterocycles. The third kappa shape index (κ3) is 6.14. The van der Waals surface area contributed by atoms with Gasteiger partial charge in [-0.05, 0) is 64.1 Å². The number of esters is 1. The van der Waals surface area contributed by atoms with E-state index in [1.54, 1.807) is 20.8 Å². The van der Waals surface area contributed by atoms with Crippen LogP contribution in [0.4, 0.5) is 15.8 Å². The number of nitro benzene ring substituents is 1. The van der Waals surface area contributed by atoms with Crippen molar-refractivity contribution in [2.45, 2.75) is 39.3 Å². The number of nitrogens with one attached hydrogen (secondary N) is 1. The smallest absolute Gasteiger partial charge is 0.338 e. The van der Waals surface area contributed by atoms with Gasteiger partial charge in [-0.25, -0.2) is 9.18 Å². The summed E-state index contributed by atoms with van der Waals surface area (Å²) in [5.74, 6) is -2.08. The van der Waals surface area contributed by atoms with Crippen LogP contribution in [0.15, 0.2) is 59.5 Å². The van der Waals surface area contributed by atoms with Gasteiger partial charge < -0.3 is 14.6 Å². The second kappa shape index (κ2) is 10.3. The van der Waals surface area contributed by atoms with Gasteiger partial charge in [-0.3, -0.25) is 19.7 Å². The molecule has 1 amide bonds. The number of nitro groups is 1. The molecule has 2 aromatic carbocycles. The molecule has 0 spiro atoms. The summed E-state index contributed by atoms with van der Waals surface area (Å²) < 4.78 is 21.1. The van der Waals surface area contributed by atoms with E-state index in [0.29, 0.717) is 11.3 Å². The number of anilines is 1.